The van der Waals surface area contributed by atoms with Crippen LogP contribution in [0, 0.1) is 0 Å². The van der Waals surface area contributed by atoms with Crippen molar-refractivity contribution in [1.82, 2.24) is 9.62 Å². The zero-order valence-electron chi connectivity index (χ0n) is 11.2. The molecule has 0 bridgehead atoms. The van der Waals surface area contributed by atoms with Gasteiger partial charge in [0.1, 0.15) is 0 Å². The summed E-state index contributed by atoms with van der Waals surface area (Å²) in [5.41, 5.74) is 0. The molecule has 0 aliphatic heterocycles. The topological polar surface area (TPSA) is 49.4 Å². The van der Waals surface area contributed by atoms with E-state index >= 15 is 0 Å². The first-order valence-electron chi connectivity index (χ1n) is 6.08. The zero-order valence-corrected chi connectivity index (χ0v) is 12.0. The second-order valence-corrected chi connectivity index (χ2v) is 6.43. The van der Waals surface area contributed by atoms with Crippen molar-refractivity contribution in [3.8, 4) is 0 Å². The van der Waals surface area contributed by atoms with Crippen LogP contribution in [-0.4, -0.2) is 43.6 Å². The van der Waals surface area contributed by atoms with Crippen molar-refractivity contribution in [2.45, 2.75) is 53.1 Å². The van der Waals surface area contributed by atoms with E-state index in [1.807, 2.05) is 34.6 Å². The van der Waals surface area contributed by atoms with Crippen LogP contribution in [-0.2, 0) is 10.0 Å². The molecule has 0 aliphatic carbocycles. The van der Waals surface area contributed by atoms with Crippen molar-refractivity contribution in [3.05, 3.63) is 0 Å². The molecule has 4 nitrogen and oxygen atoms in total. The first kappa shape index (κ1) is 15.9. The van der Waals surface area contributed by atoms with Crippen LogP contribution in [0.1, 0.15) is 41.0 Å². The van der Waals surface area contributed by atoms with Crippen LogP contribution in [0.2, 0.25) is 0 Å². The van der Waals surface area contributed by atoms with Crippen LogP contribution in [0.3, 0.4) is 0 Å². The molecule has 0 aliphatic rings. The Bertz CT molecular complexity index is 276. The van der Waals surface area contributed by atoms with Crippen LogP contribution >= 0.6 is 0 Å². The molecular formula is C11H26N2O2S. The Hall–Kier alpha value is -0.130. The molecule has 0 saturated carbocycles. The highest BCUT2D eigenvalue weighted by Gasteiger charge is 2.24. The lowest BCUT2D eigenvalue weighted by Crippen LogP contribution is -2.42. The highest BCUT2D eigenvalue weighted by molar-refractivity contribution is 7.89. The Morgan fingerprint density at radius 3 is 2.12 bits per heavy atom. The number of hydrogen-bond donors (Lipinski definition) is 1. The van der Waals surface area contributed by atoms with Crippen LogP contribution in [0.15, 0.2) is 0 Å². The molecule has 0 heterocycles. The van der Waals surface area contributed by atoms with Crippen LogP contribution in [0.4, 0.5) is 0 Å². The summed E-state index contributed by atoms with van der Waals surface area (Å²) >= 11 is 0. The Kier molecular flexibility index (Phi) is 7.19. The fourth-order valence-corrected chi connectivity index (χ4v) is 3.28. The molecule has 0 aromatic carbocycles. The van der Waals surface area contributed by atoms with Crippen molar-refractivity contribution in [3.63, 3.8) is 0 Å². The summed E-state index contributed by atoms with van der Waals surface area (Å²) in [6, 6.07) is 0.419. The van der Waals surface area contributed by atoms with E-state index in [1.54, 1.807) is 4.31 Å². The van der Waals surface area contributed by atoms with Crippen LogP contribution in [0.25, 0.3) is 0 Å². The van der Waals surface area contributed by atoms with Gasteiger partial charge < -0.3 is 5.32 Å². The van der Waals surface area contributed by atoms with Gasteiger partial charge in [-0.25, -0.2) is 8.42 Å². The van der Waals surface area contributed by atoms with E-state index in [9.17, 15) is 8.42 Å². The van der Waals surface area contributed by atoms with Crippen molar-refractivity contribution in [2.75, 3.05) is 18.8 Å². The van der Waals surface area contributed by atoms with E-state index in [1.165, 1.54) is 0 Å². The van der Waals surface area contributed by atoms with Gasteiger partial charge in [-0.2, -0.15) is 4.31 Å². The Balaban J connectivity index is 4.38. The van der Waals surface area contributed by atoms with Crippen molar-refractivity contribution in [1.29, 1.82) is 0 Å². The lowest BCUT2D eigenvalue weighted by atomic mass is 10.3. The largest absolute Gasteiger partial charge is 0.313 e. The fourth-order valence-electron chi connectivity index (χ4n) is 1.58. The highest BCUT2D eigenvalue weighted by atomic mass is 32.2. The first-order chi connectivity index (χ1) is 7.35. The second-order valence-electron chi connectivity index (χ2n) is 4.39. The monoisotopic (exact) mass is 250 g/mol. The van der Waals surface area contributed by atoms with Gasteiger partial charge >= 0.3 is 0 Å². The standard InChI is InChI=1S/C11H26N2O2S/c1-6-11(5)13(7-2)16(14,15)9-8-12-10(3)4/h10-12H,6-9H2,1-5H3. The van der Waals surface area contributed by atoms with Crippen LogP contribution < -0.4 is 5.32 Å². The number of nitrogens with zero attached hydrogens (tertiary/aromatic N) is 1. The summed E-state index contributed by atoms with van der Waals surface area (Å²) in [4.78, 5) is 0. The molecule has 0 rings (SSSR count). The van der Waals surface area contributed by atoms with Crippen molar-refractivity contribution in [2.24, 2.45) is 0 Å². The first-order valence-corrected chi connectivity index (χ1v) is 7.68. The third-order valence-electron chi connectivity index (χ3n) is 2.66. The van der Waals surface area contributed by atoms with Crippen LogP contribution in [0.5, 0.6) is 0 Å². The van der Waals surface area contributed by atoms with Crippen molar-refractivity contribution < 1.29 is 8.42 Å². The molecule has 0 fully saturated rings. The molecule has 0 spiro atoms. The average Bonchev–Trinajstić information content (AvgIpc) is 2.16. The molecule has 98 valence electrons. The normalized spacial score (nSPS) is 14.7. The Labute approximate surface area is 100 Å². The SMILES string of the molecule is CCC(C)N(CC)S(=O)(=O)CCNC(C)C. The van der Waals surface area contributed by atoms with E-state index in [0.717, 1.165) is 6.42 Å². The quantitative estimate of drug-likeness (QED) is 0.709. The van der Waals surface area contributed by atoms with Gasteiger partial charge in [0.15, 0.2) is 0 Å². The third kappa shape index (κ3) is 5.27. The average molecular weight is 250 g/mol. The van der Waals surface area contributed by atoms with Gasteiger partial charge in [0, 0.05) is 25.2 Å². The van der Waals surface area contributed by atoms with Gasteiger partial charge in [0.2, 0.25) is 10.0 Å². The van der Waals surface area contributed by atoms with E-state index < -0.39 is 10.0 Å². The molecule has 0 amide bonds. The highest BCUT2D eigenvalue weighted by Crippen LogP contribution is 2.09. The summed E-state index contributed by atoms with van der Waals surface area (Å²) in [5, 5.41) is 3.13. The Morgan fingerprint density at radius 1 is 1.19 bits per heavy atom. The predicted octanol–water partition coefficient (Wildman–Crippen LogP) is 1.43. The summed E-state index contributed by atoms with van der Waals surface area (Å²) < 4.78 is 25.7. The van der Waals surface area contributed by atoms with Gasteiger partial charge in [-0.3, -0.25) is 0 Å². The molecule has 16 heavy (non-hydrogen) atoms. The molecule has 1 unspecified atom stereocenters. The van der Waals surface area contributed by atoms with Gasteiger partial charge in [0.05, 0.1) is 5.75 Å². The minimum Gasteiger partial charge on any atom is -0.313 e. The lowest BCUT2D eigenvalue weighted by molar-refractivity contribution is 0.342. The molecule has 0 saturated heterocycles. The molecule has 0 aromatic heterocycles. The second kappa shape index (κ2) is 7.25. The Morgan fingerprint density at radius 2 is 1.75 bits per heavy atom. The molecule has 5 heteroatoms. The predicted molar refractivity (Wildman–Crippen MR) is 69.1 cm³/mol. The fraction of sp³-hybridized carbons (Fsp3) is 1.00. The third-order valence-corrected chi connectivity index (χ3v) is 4.72. The van der Waals surface area contributed by atoms with E-state index in [-0.39, 0.29) is 11.8 Å². The summed E-state index contributed by atoms with van der Waals surface area (Å²) in [6.45, 7) is 11.0. The minimum absolute atomic E-state index is 0.0917. The number of nitrogens with one attached hydrogen (secondary N) is 1. The van der Waals surface area contributed by atoms with E-state index in [4.69, 9.17) is 0 Å². The maximum atomic E-state index is 12.0. The summed E-state index contributed by atoms with van der Waals surface area (Å²) in [7, 11) is -3.11. The molecule has 1 atom stereocenters. The minimum atomic E-state index is -3.11. The summed E-state index contributed by atoms with van der Waals surface area (Å²) in [5.74, 6) is 0.184. The maximum Gasteiger partial charge on any atom is 0.215 e. The molecular weight excluding hydrogens is 224 g/mol. The van der Waals surface area contributed by atoms with E-state index in [0.29, 0.717) is 19.1 Å². The van der Waals surface area contributed by atoms with Gasteiger partial charge in [0.25, 0.3) is 0 Å². The van der Waals surface area contributed by atoms with Gasteiger partial charge in [-0.05, 0) is 13.3 Å². The number of rotatable bonds is 8. The van der Waals surface area contributed by atoms with Crippen molar-refractivity contribution >= 4 is 10.0 Å². The van der Waals surface area contributed by atoms with E-state index in [2.05, 4.69) is 5.32 Å². The number of sulfonamides is 1. The zero-order chi connectivity index (χ0) is 12.8. The lowest BCUT2D eigenvalue weighted by Gasteiger charge is -2.26. The number of hydrogen-bond acceptors (Lipinski definition) is 3. The molecule has 1 N–H and O–H groups in total. The van der Waals surface area contributed by atoms with Gasteiger partial charge in [-0.15, -0.1) is 0 Å². The smallest absolute Gasteiger partial charge is 0.215 e. The summed E-state index contributed by atoms with van der Waals surface area (Å²) in [6.07, 6.45) is 0.852. The maximum absolute atomic E-state index is 12.0. The molecule has 0 radical (unpaired) electrons. The van der Waals surface area contributed by atoms with Gasteiger partial charge in [-0.1, -0.05) is 27.7 Å². The molecule has 0 aromatic rings.